The van der Waals surface area contributed by atoms with E-state index in [2.05, 4.69) is 35.3 Å². The SMILES string of the molecule is CN(C)C1(CNc2nc(OCC3(CN4CCOCC4)CC(C)(F)C3)nc3cc(-c4ccc(F)c5sc(N)c(C#N)c45)ncc23)CCC1. The lowest BCUT2D eigenvalue weighted by Gasteiger charge is -2.52. The summed E-state index contributed by atoms with van der Waals surface area (Å²) in [6.45, 7) is 6.32. The number of fused-ring (bicyclic) bond motifs is 2. The van der Waals surface area contributed by atoms with E-state index in [0.717, 1.165) is 43.8 Å². The number of nitrogens with two attached hydrogens (primary N) is 1. The maximum Gasteiger partial charge on any atom is 0.318 e. The van der Waals surface area contributed by atoms with Crippen LogP contribution in [0.15, 0.2) is 24.4 Å². The summed E-state index contributed by atoms with van der Waals surface area (Å²) in [5.74, 6) is 0.162. The number of rotatable bonds is 10. The van der Waals surface area contributed by atoms with Crippen molar-refractivity contribution in [2.75, 3.05) is 71.1 Å². The van der Waals surface area contributed by atoms with E-state index in [-0.39, 0.29) is 34.1 Å². The number of nitrogens with one attached hydrogen (secondary N) is 1. The van der Waals surface area contributed by atoms with Gasteiger partial charge in [0.2, 0.25) is 0 Å². The van der Waals surface area contributed by atoms with Gasteiger partial charge in [-0.15, -0.1) is 11.3 Å². The second-order valence-electron chi connectivity index (χ2n) is 14.0. The number of pyridine rings is 1. The summed E-state index contributed by atoms with van der Waals surface area (Å²) in [7, 11) is 4.20. The van der Waals surface area contributed by atoms with Crippen LogP contribution in [0.3, 0.4) is 0 Å². The molecule has 47 heavy (non-hydrogen) atoms. The lowest BCUT2D eigenvalue weighted by molar-refractivity contribution is -0.105. The van der Waals surface area contributed by atoms with Gasteiger partial charge in [0.25, 0.3) is 0 Å². The van der Waals surface area contributed by atoms with Gasteiger partial charge < -0.3 is 25.4 Å². The largest absolute Gasteiger partial charge is 0.463 e. The quantitative estimate of drug-likeness (QED) is 0.221. The van der Waals surface area contributed by atoms with E-state index in [4.69, 9.17) is 30.2 Å². The molecule has 0 atom stereocenters. The predicted octanol–water partition coefficient (Wildman–Crippen LogP) is 5.62. The van der Waals surface area contributed by atoms with E-state index in [1.807, 2.05) is 6.07 Å². The van der Waals surface area contributed by atoms with E-state index >= 15 is 0 Å². The van der Waals surface area contributed by atoms with E-state index in [0.29, 0.717) is 70.7 Å². The number of hydrogen-bond donors (Lipinski definition) is 2. The van der Waals surface area contributed by atoms with Crippen molar-refractivity contribution in [2.45, 2.75) is 50.2 Å². The zero-order valence-corrected chi connectivity index (χ0v) is 27.9. The number of benzene rings is 1. The molecule has 0 radical (unpaired) electrons. The molecule has 3 aromatic heterocycles. The fourth-order valence-corrected chi connectivity index (χ4v) is 8.65. The highest BCUT2D eigenvalue weighted by molar-refractivity contribution is 7.23. The second kappa shape index (κ2) is 12.1. The van der Waals surface area contributed by atoms with Crippen molar-refractivity contribution in [3.63, 3.8) is 0 Å². The van der Waals surface area contributed by atoms with Gasteiger partial charge in [-0.25, -0.2) is 8.78 Å². The summed E-state index contributed by atoms with van der Waals surface area (Å²) >= 11 is 1.05. The van der Waals surface area contributed by atoms with Gasteiger partial charge in [0.15, 0.2) is 0 Å². The summed E-state index contributed by atoms with van der Waals surface area (Å²) in [5.41, 5.74) is 6.46. The van der Waals surface area contributed by atoms with Crippen molar-refractivity contribution < 1.29 is 18.3 Å². The van der Waals surface area contributed by atoms with Gasteiger partial charge in [0.05, 0.1) is 46.7 Å². The van der Waals surface area contributed by atoms with E-state index in [1.54, 1.807) is 19.2 Å². The molecule has 1 aromatic carbocycles. The van der Waals surface area contributed by atoms with Crippen LogP contribution in [0.25, 0.3) is 32.2 Å². The number of ether oxygens (including phenoxy) is 2. The maximum absolute atomic E-state index is 15.0. The van der Waals surface area contributed by atoms with Crippen molar-refractivity contribution in [2.24, 2.45) is 5.41 Å². The van der Waals surface area contributed by atoms with Gasteiger partial charge in [-0.3, -0.25) is 9.88 Å². The molecule has 0 amide bonds. The summed E-state index contributed by atoms with van der Waals surface area (Å²) in [6, 6.07) is 7.13. The molecule has 0 bridgehead atoms. The number of nitrogens with zero attached hydrogens (tertiary/aromatic N) is 6. The number of aromatic nitrogens is 3. The number of nitriles is 1. The smallest absolute Gasteiger partial charge is 0.318 e. The normalized spacial score (nSPS) is 24.2. The van der Waals surface area contributed by atoms with Crippen LogP contribution in [-0.4, -0.2) is 96.1 Å². The first-order valence-corrected chi connectivity index (χ1v) is 16.9. The van der Waals surface area contributed by atoms with Crippen LogP contribution in [0.4, 0.5) is 19.6 Å². The molecule has 3 aliphatic rings. The summed E-state index contributed by atoms with van der Waals surface area (Å²) in [4.78, 5) is 19.0. The van der Waals surface area contributed by atoms with Crippen LogP contribution in [-0.2, 0) is 4.74 Å². The van der Waals surface area contributed by atoms with Crippen molar-refractivity contribution in [3.05, 3.63) is 35.8 Å². The number of likely N-dealkylation sites (N-methyl/N-ethyl adjacent to an activating group) is 1. The van der Waals surface area contributed by atoms with Gasteiger partial charge >= 0.3 is 6.01 Å². The average molecular weight is 663 g/mol. The fraction of sp³-hybridized carbons (Fsp3) is 0.529. The fourth-order valence-electron chi connectivity index (χ4n) is 7.70. The van der Waals surface area contributed by atoms with Crippen LogP contribution >= 0.6 is 11.3 Å². The first kappa shape index (κ1) is 31.9. The molecule has 3 fully saturated rings. The van der Waals surface area contributed by atoms with Gasteiger partial charge in [-0.2, -0.15) is 15.2 Å². The molecule has 4 heterocycles. The molecule has 13 heteroatoms. The Hall–Kier alpha value is -3.70. The Kier molecular flexibility index (Phi) is 8.19. The summed E-state index contributed by atoms with van der Waals surface area (Å²) < 4.78 is 42.0. The molecule has 2 aliphatic carbocycles. The highest BCUT2D eigenvalue weighted by Crippen LogP contribution is 2.51. The number of thiophene rings is 1. The number of alkyl halides is 1. The minimum atomic E-state index is -1.23. The van der Waals surface area contributed by atoms with Gasteiger partial charge in [0, 0.05) is 54.3 Å². The Morgan fingerprint density at radius 3 is 2.64 bits per heavy atom. The Morgan fingerprint density at radius 1 is 1.21 bits per heavy atom. The number of morpholine rings is 1. The minimum Gasteiger partial charge on any atom is -0.463 e. The highest BCUT2D eigenvalue weighted by atomic mass is 32.1. The van der Waals surface area contributed by atoms with Crippen molar-refractivity contribution in [1.82, 2.24) is 24.8 Å². The molecule has 2 saturated carbocycles. The van der Waals surface area contributed by atoms with E-state index < -0.39 is 11.5 Å². The molecule has 3 N–H and O–H groups in total. The summed E-state index contributed by atoms with van der Waals surface area (Å²) in [6.07, 6.45) is 5.85. The standard InChI is InChI=1S/C34H40F2N8O2S/c1-32(36)16-33(17-32,19-44-9-11-45-12-10-44)20-46-31-41-26-13-25(21-5-6-24(35)28-27(21)22(14-37)29(38)47-28)39-15-23(26)30(42-31)40-18-34(43(2)3)7-4-8-34/h5-6,13,15H,4,7-12,16-20,38H2,1-3H3,(H,40,41,42). The zero-order valence-electron chi connectivity index (χ0n) is 27.0. The first-order valence-electron chi connectivity index (χ1n) is 16.1. The Labute approximate surface area is 276 Å². The Balaban J connectivity index is 1.25. The third-order valence-corrected chi connectivity index (χ3v) is 11.3. The third kappa shape index (κ3) is 5.97. The maximum atomic E-state index is 15.0. The van der Waals surface area contributed by atoms with Crippen LogP contribution in [0, 0.1) is 22.6 Å². The second-order valence-corrected chi connectivity index (χ2v) is 15.0. The average Bonchev–Trinajstić information content (AvgIpc) is 3.35. The zero-order chi connectivity index (χ0) is 33.0. The molecule has 0 spiro atoms. The minimum absolute atomic E-state index is 0.0255. The number of hydrogen-bond acceptors (Lipinski definition) is 11. The molecule has 1 saturated heterocycles. The van der Waals surface area contributed by atoms with Crippen LogP contribution < -0.4 is 15.8 Å². The number of anilines is 2. The highest BCUT2D eigenvalue weighted by Gasteiger charge is 2.54. The molecule has 248 valence electrons. The number of nitrogen functional groups attached to an aromatic ring is 1. The van der Waals surface area contributed by atoms with Crippen LogP contribution in [0.2, 0.25) is 0 Å². The molecule has 7 rings (SSSR count). The van der Waals surface area contributed by atoms with Gasteiger partial charge in [0.1, 0.15) is 28.4 Å². The van der Waals surface area contributed by atoms with Crippen molar-refractivity contribution in [1.29, 1.82) is 5.26 Å². The first-order chi connectivity index (χ1) is 22.5. The van der Waals surface area contributed by atoms with Crippen molar-refractivity contribution >= 4 is 43.1 Å². The summed E-state index contributed by atoms with van der Waals surface area (Å²) in [5, 5.41) is 14.8. The Bertz CT molecular complexity index is 1850. The molecule has 4 aromatic rings. The van der Waals surface area contributed by atoms with Gasteiger partial charge in [-0.05, 0) is 71.3 Å². The monoisotopic (exact) mass is 662 g/mol. The predicted molar refractivity (Wildman–Crippen MR) is 180 cm³/mol. The molecular formula is C34H40F2N8O2S. The lowest BCUT2D eigenvalue weighted by atomic mass is 9.61. The third-order valence-electron chi connectivity index (χ3n) is 10.2. The molecule has 10 nitrogen and oxygen atoms in total. The molecule has 1 aliphatic heterocycles. The number of halogens is 2. The van der Waals surface area contributed by atoms with Gasteiger partial charge in [-0.1, -0.05) is 0 Å². The Morgan fingerprint density at radius 2 is 1.98 bits per heavy atom. The van der Waals surface area contributed by atoms with Crippen molar-refractivity contribution in [3.8, 4) is 23.3 Å². The molecule has 0 unspecified atom stereocenters. The lowest BCUT2D eigenvalue weighted by Crippen LogP contribution is -2.57. The van der Waals surface area contributed by atoms with E-state index in [9.17, 15) is 14.0 Å². The van der Waals surface area contributed by atoms with Crippen LogP contribution in [0.1, 0.15) is 44.6 Å². The molecular weight excluding hydrogens is 622 g/mol. The topological polar surface area (TPSA) is 125 Å². The van der Waals surface area contributed by atoms with Crippen LogP contribution in [0.5, 0.6) is 6.01 Å². The van der Waals surface area contributed by atoms with E-state index in [1.165, 1.54) is 12.5 Å².